The number of amides is 1. The maximum atomic E-state index is 12.5. The third-order valence-corrected chi connectivity index (χ3v) is 5.41. The van der Waals surface area contributed by atoms with E-state index in [9.17, 15) is 4.79 Å². The summed E-state index contributed by atoms with van der Waals surface area (Å²) >= 11 is 5.68. The monoisotopic (exact) mass is 483 g/mol. The molecular weight excluding hydrogens is 458 g/mol. The van der Waals surface area contributed by atoms with Crippen LogP contribution in [-0.4, -0.2) is 45.6 Å². The molecular formula is C24H26ClN5O4. The molecule has 4 rings (SSSR count). The van der Waals surface area contributed by atoms with E-state index in [2.05, 4.69) is 25.9 Å². The van der Waals surface area contributed by atoms with Crippen LogP contribution in [0.25, 0.3) is 6.08 Å². The average molecular weight is 484 g/mol. The number of aromatic nitrogens is 4. The van der Waals surface area contributed by atoms with Gasteiger partial charge in [-0.2, -0.15) is 5.21 Å². The number of hydrogen-bond acceptors (Lipinski definition) is 7. The molecule has 2 aromatic carbocycles. The lowest BCUT2D eigenvalue weighted by Crippen LogP contribution is -2.24. The van der Waals surface area contributed by atoms with E-state index in [1.165, 1.54) is 6.08 Å². The molecule has 1 aliphatic heterocycles. The highest BCUT2D eigenvalue weighted by Gasteiger charge is 2.28. The van der Waals surface area contributed by atoms with Gasteiger partial charge < -0.3 is 19.5 Å². The van der Waals surface area contributed by atoms with E-state index in [-0.39, 0.29) is 12.5 Å². The Balaban J connectivity index is 1.30. The summed E-state index contributed by atoms with van der Waals surface area (Å²) in [6.07, 6.45) is 6.97. The number of nitrogens with zero attached hydrogens (tertiary/aromatic N) is 3. The molecule has 1 aliphatic rings. The fourth-order valence-corrected chi connectivity index (χ4v) is 3.57. The van der Waals surface area contributed by atoms with Crippen LogP contribution < -0.4 is 19.5 Å². The van der Waals surface area contributed by atoms with Crippen LogP contribution >= 0.6 is 11.6 Å². The Bertz CT molecular complexity index is 1090. The zero-order valence-corrected chi connectivity index (χ0v) is 19.3. The van der Waals surface area contributed by atoms with Gasteiger partial charge in [0.15, 0.2) is 17.6 Å². The second-order valence-corrected chi connectivity index (χ2v) is 8.04. The SMILES string of the molecule is O=C(C=Cc1ccc(OCCCCCCCl)cc1)Nc1cccc2c1OC(c1nn[nH]n1)CO2. The normalized spacial score (nSPS) is 14.8. The zero-order chi connectivity index (χ0) is 23.6. The molecule has 0 fully saturated rings. The molecule has 2 N–H and O–H groups in total. The molecule has 0 spiro atoms. The number of alkyl halides is 1. The number of H-pyrrole nitrogens is 1. The van der Waals surface area contributed by atoms with E-state index in [0.29, 0.717) is 35.5 Å². The minimum absolute atomic E-state index is 0.248. The van der Waals surface area contributed by atoms with Crippen LogP contribution in [0, 0.1) is 0 Å². The number of tetrazole rings is 1. The van der Waals surface area contributed by atoms with Gasteiger partial charge in [0.2, 0.25) is 11.7 Å². The number of carbonyl (C=O) groups is 1. The predicted octanol–water partition coefficient (Wildman–Crippen LogP) is 4.54. The summed E-state index contributed by atoms with van der Waals surface area (Å²) < 4.78 is 17.5. The number of unbranched alkanes of at least 4 members (excludes halogenated alkanes) is 3. The second-order valence-electron chi connectivity index (χ2n) is 7.66. The maximum Gasteiger partial charge on any atom is 0.248 e. The van der Waals surface area contributed by atoms with Crippen molar-refractivity contribution in [3.8, 4) is 17.2 Å². The molecule has 10 heteroatoms. The molecule has 34 heavy (non-hydrogen) atoms. The van der Waals surface area contributed by atoms with Gasteiger partial charge in [0.05, 0.1) is 12.3 Å². The molecule has 0 aliphatic carbocycles. The molecule has 178 valence electrons. The van der Waals surface area contributed by atoms with Gasteiger partial charge in [-0.25, -0.2) is 0 Å². The Morgan fingerprint density at radius 2 is 2.03 bits per heavy atom. The molecule has 1 atom stereocenters. The van der Waals surface area contributed by atoms with Crippen molar-refractivity contribution in [1.29, 1.82) is 0 Å². The molecule has 1 unspecified atom stereocenters. The fraction of sp³-hybridized carbons (Fsp3) is 0.333. The van der Waals surface area contributed by atoms with E-state index >= 15 is 0 Å². The first kappa shape index (κ1) is 23.6. The largest absolute Gasteiger partial charge is 0.494 e. The number of nitrogens with one attached hydrogen (secondary N) is 2. The molecule has 1 aromatic heterocycles. The van der Waals surface area contributed by atoms with Gasteiger partial charge >= 0.3 is 0 Å². The van der Waals surface area contributed by atoms with Gasteiger partial charge in [-0.1, -0.05) is 36.3 Å². The number of hydrogen-bond donors (Lipinski definition) is 2. The summed E-state index contributed by atoms with van der Waals surface area (Å²) in [5, 5.41) is 16.7. The Morgan fingerprint density at radius 1 is 1.18 bits per heavy atom. The highest BCUT2D eigenvalue weighted by Crippen LogP contribution is 2.41. The van der Waals surface area contributed by atoms with Gasteiger partial charge in [-0.15, -0.1) is 21.8 Å². The summed E-state index contributed by atoms with van der Waals surface area (Å²) in [5.74, 6) is 2.57. The van der Waals surface area contributed by atoms with E-state index in [1.807, 2.05) is 24.3 Å². The predicted molar refractivity (Wildman–Crippen MR) is 128 cm³/mol. The lowest BCUT2D eigenvalue weighted by Gasteiger charge is -2.26. The van der Waals surface area contributed by atoms with Gasteiger partial charge in [-0.3, -0.25) is 4.79 Å². The van der Waals surface area contributed by atoms with Crippen LogP contribution in [0.15, 0.2) is 48.5 Å². The van der Waals surface area contributed by atoms with Gasteiger partial charge in [0, 0.05) is 12.0 Å². The number of halogens is 1. The van der Waals surface area contributed by atoms with Crippen molar-refractivity contribution in [2.45, 2.75) is 31.8 Å². The number of ether oxygens (including phenoxy) is 3. The quantitative estimate of drug-likeness (QED) is 0.234. The van der Waals surface area contributed by atoms with Gasteiger partial charge in [0.1, 0.15) is 12.4 Å². The lowest BCUT2D eigenvalue weighted by molar-refractivity contribution is -0.111. The molecule has 9 nitrogen and oxygen atoms in total. The Morgan fingerprint density at radius 3 is 2.82 bits per heavy atom. The lowest BCUT2D eigenvalue weighted by atomic mass is 10.2. The summed E-state index contributed by atoms with van der Waals surface area (Å²) in [5.41, 5.74) is 1.38. The smallest absolute Gasteiger partial charge is 0.248 e. The number of anilines is 1. The number of para-hydroxylation sites is 1. The standard InChI is InChI=1S/C24H26ClN5O4/c25-14-3-1-2-4-15-32-18-11-8-17(9-12-18)10-13-22(31)26-19-6-5-7-20-23(19)34-21(16-33-20)24-27-29-30-28-24/h5-13,21H,1-4,14-16H2,(H,26,31)(H,27,28,29,30). The summed E-state index contributed by atoms with van der Waals surface area (Å²) in [4.78, 5) is 12.5. The molecule has 0 radical (unpaired) electrons. The minimum Gasteiger partial charge on any atom is -0.494 e. The molecule has 1 amide bonds. The second kappa shape index (κ2) is 12.0. The first-order valence-electron chi connectivity index (χ1n) is 11.2. The Labute approximate surface area is 202 Å². The highest BCUT2D eigenvalue weighted by atomic mass is 35.5. The first-order chi connectivity index (χ1) is 16.7. The summed E-state index contributed by atoms with van der Waals surface area (Å²) in [6.45, 7) is 0.929. The van der Waals surface area contributed by atoms with Crippen molar-refractivity contribution in [2.24, 2.45) is 0 Å². The van der Waals surface area contributed by atoms with E-state index in [1.54, 1.807) is 24.3 Å². The molecule has 0 saturated carbocycles. The number of benzene rings is 2. The molecule has 0 bridgehead atoms. The molecule has 0 saturated heterocycles. The number of fused-ring (bicyclic) bond motifs is 1. The van der Waals surface area contributed by atoms with Crippen molar-refractivity contribution in [3.63, 3.8) is 0 Å². The zero-order valence-electron chi connectivity index (χ0n) is 18.6. The maximum absolute atomic E-state index is 12.5. The fourth-order valence-electron chi connectivity index (χ4n) is 3.39. The van der Waals surface area contributed by atoms with Crippen molar-refractivity contribution in [1.82, 2.24) is 20.6 Å². The van der Waals surface area contributed by atoms with Gasteiger partial charge in [-0.05, 0) is 48.7 Å². The third-order valence-electron chi connectivity index (χ3n) is 5.14. The number of aromatic amines is 1. The van der Waals surface area contributed by atoms with Gasteiger partial charge in [0.25, 0.3) is 0 Å². The minimum atomic E-state index is -0.522. The molecule has 2 heterocycles. The van der Waals surface area contributed by atoms with Crippen LogP contribution in [0.3, 0.4) is 0 Å². The van der Waals surface area contributed by atoms with Crippen LogP contribution in [0.4, 0.5) is 5.69 Å². The van der Waals surface area contributed by atoms with Crippen molar-refractivity contribution in [2.75, 3.05) is 24.4 Å². The highest BCUT2D eigenvalue weighted by molar-refractivity contribution is 6.17. The summed E-state index contributed by atoms with van der Waals surface area (Å²) in [7, 11) is 0. The van der Waals surface area contributed by atoms with E-state index in [4.69, 9.17) is 25.8 Å². The number of carbonyl (C=O) groups excluding carboxylic acids is 1. The average Bonchev–Trinajstić information content (AvgIpc) is 3.41. The summed E-state index contributed by atoms with van der Waals surface area (Å²) in [6, 6.07) is 12.9. The van der Waals surface area contributed by atoms with Crippen LogP contribution in [-0.2, 0) is 4.79 Å². The van der Waals surface area contributed by atoms with Crippen molar-refractivity contribution >= 4 is 29.3 Å². The molecule has 3 aromatic rings. The van der Waals surface area contributed by atoms with E-state index < -0.39 is 6.10 Å². The van der Waals surface area contributed by atoms with Crippen LogP contribution in [0.5, 0.6) is 17.2 Å². The van der Waals surface area contributed by atoms with Crippen LogP contribution in [0.1, 0.15) is 43.2 Å². The number of rotatable bonds is 11. The first-order valence-corrected chi connectivity index (χ1v) is 11.7. The van der Waals surface area contributed by atoms with Crippen LogP contribution in [0.2, 0.25) is 0 Å². The van der Waals surface area contributed by atoms with E-state index in [0.717, 1.165) is 37.0 Å². The van der Waals surface area contributed by atoms with Crippen molar-refractivity contribution in [3.05, 3.63) is 59.9 Å². The Kier molecular flexibility index (Phi) is 8.34. The Hall–Kier alpha value is -3.59. The topological polar surface area (TPSA) is 111 Å². The van der Waals surface area contributed by atoms with Crippen molar-refractivity contribution < 1.29 is 19.0 Å². The third kappa shape index (κ3) is 6.48.